The number of halogens is 5. The van der Waals surface area contributed by atoms with Crippen molar-refractivity contribution in [3.63, 3.8) is 0 Å². The summed E-state index contributed by atoms with van der Waals surface area (Å²) in [4.78, 5) is 0. The van der Waals surface area contributed by atoms with Crippen molar-refractivity contribution in [2.45, 2.75) is 10.1 Å². The van der Waals surface area contributed by atoms with Crippen molar-refractivity contribution in [3.05, 3.63) is 68.9 Å². The predicted octanol–water partition coefficient (Wildman–Crippen LogP) is 5.65. The standard InChI is InChI=1S/C15H7F5N2S3/c16-9-8(10(17)12(19)13(20)11(9)18)6-24-14-21-22(15(23)25-14)7-4-2-1-3-5-7/h1-5H,6H2. The number of benzene rings is 2. The van der Waals surface area contributed by atoms with Crippen LogP contribution >= 0.6 is 35.3 Å². The quantitative estimate of drug-likeness (QED) is 0.183. The van der Waals surface area contributed by atoms with Crippen LogP contribution in [0.4, 0.5) is 22.0 Å². The Morgan fingerprint density at radius 3 is 2.08 bits per heavy atom. The van der Waals surface area contributed by atoms with Crippen molar-refractivity contribution >= 4 is 35.3 Å². The van der Waals surface area contributed by atoms with E-state index in [1.165, 1.54) is 4.68 Å². The molecule has 0 aliphatic carbocycles. The molecular formula is C15H7F5N2S3. The van der Waals surface area contributed by atoms with Crippen LogP contribution in [0.5, 0.6) is 0 Å². The van der Waals surface area contributed by atoms with Gasteiger partial charge in [0.2, 0.25) is 5.82 Å². The zero-order valence-electron chi connectivity index (χ0n) is 12.1. The molecule has 0 bridgehead atoms. The van der Waals surface area contributed by atoms with E-state index in [1.807, 2.05) is 6.07 Å². The second-order valence-corrected chi connectivity index (χ2v) is 7.56. The maximum absolute atomic E-state index is 13.7. The molecule has 3 aromatic rings. The number of thioether (sulfide) groups is 1. The Bertz CT molecular complexity index is 956. The molecular weight excluding hydrogens is 399 g/mol. The summed E-state index contributed by atoms with van der Waals surface area (Å²) in [6.45, 7) is 0. The minimum atomic E-state index is -2.17. The van der Waals surface area contributed by atoms with Gasteiger partial charge in [-0.05, 0) is 24.4 Å². The molecule has 0 unspecified atom stereocenters. The second kappa shape index (κ2) is 7.22. The number of hydrogen-bond donors (Lipinski definition) is 0. The largest absolute Gasteiger partial charge is 0.211 e. The Morgan fingerprint density at radius 1 is 0.920 bits per heavy atom. The minimum absolute atomic E-state index is 0.345. The molecule has 25 heavy (non-hydrogen) atoms. The fourth-order valence-corrected chi connectivity index (χ4v) is 4.32. The zero-order valence-corrected chi connectivity index (χ0v) is 14.6. The van der Waals surface area contributed by atoms with Crippen LogP contribution in [0.1, 0.15) is 5.56 Å². The van der Waals surface area contributed by atoms with Crippen molar-refractivity contribution in [1.82, 2.24) is 9.78 Å². The van der Waals surface area contributed by atoms with E-state index in [0.29, 0.717) is 14.0 Å². The van der Waals surface area contributed by atoms with Gasteiger partial charge in [-0.25, -0.2) is 26.6 Å². The summed E-state index contributed by atoms with van der Waals surface area (Å²) in [7, 11) is 0. The van der Waals surface area contributed by atoms with Crippen molar-refractivity contribution in [1.29, 1.82) is 0 Å². The van der Waals surface area contributed by atoms with Gasteiger partial charge in [0.05, 0.1) is 5.69 Å². The van der Waals surface area contributed by atoms with Crippen LogP contribution in [-0.4, -0.2) is 9.78 Å². The lowest BCUT2D eigenvalue weighted by molar-refractivity contribution is 0.372. The molecule has 2 aromatic carbocycles. The van der Waals surface area contributed by atoms with E-state index in [2.05, 4.69) is 5.10 Å². The van der Waals surface area contributed by atoms with Crippen LogP contribution in [0.25, 0.3) is 5.69 Å². The maximum Gasteiger partial charge on any atom is 0.200 e. The second-order valence-electron chi connectivity index (χ2n) is 4.72. The summed E-state index contributed by atoms with van der Waals surface area (Å²) in [5.74, 6) is -10.2. The van der Waals surface area contributed by atoms with Gasteiger partial charge >= 0.3 is 0 Å². The van der Waals surface area contributed by atoms with Gasteiger partial charge in [0, 0.05) is 11.3 Å². The first-order chi connectivity index (χ1) is 11.9. The van der Waals surface area contributed by atoms with Crippen LogP contribution in [0.3, 0.4) is 0 Å². The van der Waals surface area contributed by atoms with E-state index in [1.54, 1.807) is 24.3 Å². The molecule has 0 fully saturated rings. The van der Waals surface area contributed by atoms with E-state index in [9.17, 15) is 22.0 Å². The van der Waals surface area contributed by atoms with Crippen molar-refractivity contribution in [2.75, 3.05) is 0 Å². The van der Waals surface area contributed by atoms with E-state index in [-0.39, 0.29) is 0 Å². The van der Waals surface area contributed by atoms with Crippen molar-refractivity contribution in [3.8, 4) is 5.69 Å². The highest BCUT2D eigenvalue weighted by Crippen LogP contribution is 2.31. The average molecular weight is 406 g/mol. The fourth-order valence-electron chi connectivity index (χ4n) is 1.96. The van der Waals surface area contributed by atoms with E-state index in [4.69, 9.17) is 12.2 Å². The number of nitrogens with zero attached hydrogens (tertiary/aromatic N) is 2. The molecule has 0 aliphatic rings. The highest BCUT2D eigenvalue weighted by molar-refractivity contribution is 8.00. The molecule has 2 nitrogen and oxygen atoms in total. The Morgan fingerprint density at radius 2 is 1.48 bits per heavy atom. The number of aromatic nitrogens is 2. The fraction of sp³-hybridized carbons (Fsp3) is 0.0667. The molecule has 0 aliphatic heterocycles. The molecule has 0 saturated carbocycles. The van der Waals surface area contributed by atoms with Gasteiger partial charge in [-0.1, -0.05) is 41.3 Å². The average Bonchev–Trinajstić information content (AvgIpc) is 2.99. The van der Waals surface area contributed by atoms with Gasteiger partial charge in [-0.2, -0.15) is 0 Å². The number of hydrogen-bond acceptors (Lipinski definition) is 4. The zero-order chi connectivity index (χ0) is 18.1. The smallest absolute Gasteiger partial charge is 0.200 e. The van der Waals surface area contributed by atoms with E-state index < -0.39 is 40.4 Å². The third-order valence-corrected chi connectivity index (χ3v) is 5.56. The Balaban J connectivity index is 1.88. The monoisotopic (exact) mass is 406 g/mol. The first-order valence-electron chi connectivity index (χ1n) is 6.69. The third kappa shape index (κ3) is 3.46. The molecule has 10 heteroatoms. The van der Waals surface area contributed by atoms with Gasteiger partial charge in [-0.3, -0.25) is 0 Å². The molecule has 1 heterocycles. The van der Waals surface area contributed by atoms with Crippen LogP contribution in [0.2, 0.25) is 0 Å². The molecule has 0 N–H and O–H groups in total. The molecule has 0 atom stereocenters. The lowest BCUT2D eigenvalue weighted by Crippen LogP contribution is -2.06. The summed E-state index contributed by atoms with van der Waals surface area (Å²) in [6, 6.07) is 8.94. The van der Waals surface area contributed by atoms with Crippen LogP contribution < -0.4 is 0 Å². The summed E-state index contributed by atoms with van der Waals surface area (Å²) in [5, 5.41) is 4.20. The Labute approximate surface area is 151 Å². The molecule has 0 spiro atoms. The van der Waals surface area contributed by atoms with Gasteiger partial charge in [-0.15, -0.1) is 5.10 Å². The number of rotatable bonds is 4. The van der Waals surface area contributed by atoms with Crippen molar-refractivity contribution < 1.29 is 22.0 Å². The summed E-state index contributed by atoms with van der Waals surface area (Å²) >= 11 is 7.10. The topological polar surface area (TPSA) is 17.8 Å². The first-order valence-corrected chi connectivity index (χ1v) is 8.90. The SMILES string of the molecule is Fc1c(F)c(F)c(CSc2nn(-c3ccccc3)c(=S)s2)c(F)c1F. The molecule has 0 amide bonds. The summed E-state index contributed by atoms with van der Waals surface area (Å²) in [6.07, 6.45) is 0. The first kappa shape index (κ1) is 18.0. The lowest BCUT2D eigenvalue weighted by Gasteiger charge is -2.06. The van der Waals surface area contributed by atoms with Gasteiger partial charge < -0.3 is 0 Å². The maximum atomic E-state index is 13.7. The molecule has 3 rings (SSSR count). The summed E-state index contributed by atoms with van der Waals surface area (Å²) < 4.78 is 69.0. The molecule has 0 radical (unpaired) electrons. The van der Waals surface area contributed by atoms with Crippen LogP contribution in [-0.2, 0) is 5.75 Å². The van der Waals surface area contributed by atoms with Crippen LogP contribution in [0.15, 0.2) is 34.7 Å². The highest BCUT2D eigenvalue weighted by atomic mass is 32.2. The Hall–Kier alpha value is -1.78. The van der Waals surface area contributed by atoms with E-state index in [0.717, 1.165) is 23.1 Å². The number of para-hydroxylation sites is 1. The van der Waals surface area contributed by atoms with Gasteiger partial charge in [0.15, 0.2) is 31.6 Å². The predicted molar refractivity (Wildman–Crippen MR) is 88.1 cm³/mol. The summed E-state index contributed by atoms with van der Waals surface area (Å²) in [5.41, 5.74) is -0.194. The van der Waals surface area contributed by atoms with Gasteiger partial charge in [0.25, 0.3) is 0 Å². The highest BCUT2D eigenvalue weighted by Gasteiger charge is 2.25. The Kier molecular flexibility index (Phi) is 5.21. The molecule has 1 aromatic heterocycles. The van der Waals surface area contributed by atoms with Crippen LogP contribution in [0, 0.1) is 33.0 Å². The van der Waals surface area contributed by atoms with E-state index >= 15 is 0 Å². The lowest BCUT2D eigenvalue weighted by atomic mass is 10.2. The third-order valence-electron chi connectivity index (χ3n) is 3.17. The normalized spacial score (nSPS) is 11.1. The van der Waals surface area contributed by atoms with Gasteiger partial charge in [0.1, 0.15) is 0 Å². The molecule has 130 valence electrons. The van der Waals surface area contributed by atoms with Crippen molar-refractivity contribution in [2.24, 2.45) is 0 Å². The minimum Gasteiger partial charge on any atom is -0.211 e. The molecule has 0 saturated heterocycles.